The molecule has 0 fully saturated rings. The van der Waals surface area contributed by atoms with Crippen molar-refractivity contribution in [3.8, 4) is 0 Å². The number of ether oxygens (including phenoxy) is 1. The first-order chi connectivity index (χ1) is 8.47. The molecule has 3 nitrogen and oxygen atoms in total. The van der Waals surface area contributed by atoms with Crippen molar-refractivity contribution >= 4 is 5.69 Å². The van der Waals surface area contributed by atoms with Crippen LogP contribution >= 0.6 is 0 Å². The molecule has 0 radical (unpaired) electrons. The Bertz CT molecular complexity index is 380. The Hall–Kier alpha value is -1.13. The number of benzene rings is 1. The molecule has 0 aliphatic rings. The van der Waals surface area contributed by atoms with Crippen LogP contribution in [-0.4, -0.2) is 26.3 Å². The number of nitrogens with two attached hydrogens (primary N) is 1. The van der Waals surface area contributed by atoms with Crippen LogP contribution in [0.3, 0.4) is 0 Å². The van der Waals surface area contributed by atoms with Crippen LogP contribution in [0.15, 0.2) is 18.2 Å². The van der Waals surface area contributed by atoms with E-state index in [1.165, 1.54) is 6.07 Å². The van der Waals surface area contributed by atoms with E-state index in [2.05, 4.69) is 0 Å². The van der Waals surface area contributed by atoms with Gasteiger partial charge in [0.2, 0.25) is 0 Å². The summed E-state index contributed by atoms with van der Waals surface area (Å²) in [7, 11) is 1.65. The molecule has 0 spiro atoms. The minimum atomic E-state index is -0.227. The highest BCUT2D eigenvalue weighted by molar-refractivity contribution is 5.50. The standard InChI is InChI=1S/C14H23FN2O/c1-10(2)17(7-8-18-4)14-6-5-12(11(3)16)9-13(14)15/h5-6,9-11H,7-8,16H2,1-4H3. The molecule has 0 saturated heterocycles. The molecule has 102 valence electrons. The van der Waals surface area contributed by atoms with Crippen molar-refractivity contribution in [1.82, 2.24) is 0 Å². The van der Waals surface area contributed by atoms with Crippen LogP contribution in [0.25, 0.3) is 0 Å². The third-order valence-corrected chi connectivity index (χ3v) is 2.97. The lowest BCUT2D eigenvalue weighted by molar-refractivity contribution is 0.203. The fraction of sp³-hybridized carbons (Fsp3) is 0.571. The fourth-order valence-corrected chi connectivity index (χ4v) is 1.89. The average molecular weight is 254 g/mol. The van der Waals surface area contributed by atoms with E-state index in [-0.39, 0.29) is 17.9 Å². The van der Waals surface area contributed by atoms with Gasteiger partial charge in [-0.1, -0.05) is 6.07 Å². The molecule has 1 aromatic rings. The number of hydrogen-bond acceptors (Lipinski definition) is 3. The molecule has 1 aromatic carbocycles. The quantitative estimate of drug-likeness (QED) is 0.848. The largest absolute Gasteiger partial charge is 0.383 e. The minimum absolute atomic E-state index is 0.153. The van der Waals surface area contributed by atoms with Crippen molar-refractivity contribution in [2.75, 3.05) is 25.2 Å². The summed E-state index contributed by atoms with van der Waals surface area (Å²) < 4.78 is 19.2. The van der Waals surface area contributed by atoms with Crippen LogP contribution in [0.5, 0.6) is 0 Å². The normalized spacial score (nSPS) is 12.8. The summed E-state index contributed by atoms with van der Waals surface area (Å²) in [4.78, 5) is 1.99. The molecule has 18 heavy (non-hydrogen) atoms. The van der Waals surface area contributed by atoms with Gasteiger partial charge in [-0.3, -0.25) is 0 Å². The molecule has 0 aromatic heterocycles. The third kappa shape index (κ3) is 3.68. The van der Waals surface area contributed by atoms with Gasteiger partial charge in [0.25, 0.3) is 0 Å². The first-order valence-corrected chi connectivity index (χ1v) is 6.28. The Morgan fingerprint density at radius 1 is 1.33 bits per heavy atom. The van der Waals surface area contributed by atoms with Crippen LogP contribution in [0, 0.1) is 5.82 Å². The van der Waals surface area contributed by atoms with E-state index in [0.29, 0.717) is 18.8 Å². The smallest absolute Gasteiger partial charge is 0.146 e. The van der Waals surface area contributed by atoms with Crippen molar-refractivity contribution in [1.29, 1.82) is 0 Å². The second-order valence-electron chi connectivity index (χ2n) is 4.78. The predicted molar refractivity (Wildman–Crippen MR) is 73.4 cm³/mol. The molecule has 0 aliphatic heterocycles. The number of anilines is 1. The molecule has 1 atom stereocenters. The third-order valence-electron chi connectivity index (χ3n) is 2.97. The zero-order chi connectivity index (χ0) is 13.7. The number of methoxy groups -OCH3 is 1. The van der Waals surface area contributed by atoms with E-state index in [1.54, 1.807) is 13.2 Å². The van der Waals surface area contributed by atoms with Gasteiger partial charge in [-0.2, -0.15) is 0 Å². The summed E-state index contributed by atoms with van der Waals surface area (Å²) in [5.41, 5.74) is 7.16. The summed E-state index contributed by atoms with van der Waals surface area (Å²) in [5, 5.41) is 0. The lowest BCUT2D eigenvalue weighted by Gasteiger charge is -2.29. The van der Waals surface area contributed by atoms with E-state index >= 15 is 0 Å². The van der Waals surface area contributed by atoms with Gasteiger partial charge in [-0.15, -0.1) is 0 Å². The van der Waals surface area contributed by atoms with E-state index in [4.69, 9.17) is 10.5 Å². The van der Waals surface area contributed by atoms with Crippen LogP contribution in [-0.2, 0) is 4.74 Å². The predicted octanol–water partition coefficient (Wildman–Crippen LogP) is 2.71. The minimum Gasteiger partial charge on any atom is -0.383 e. The molecule has 4 heteroatoms. The van der Waals surface area contributed by atoms with E-state index in [9.17, 15) is 4.39 Å². The van der Waals surface area contributed by atoms with E-state index in [0.717, 1.165) is 5.56 Å². The summed E-state index contributed by atoms with van der Waals surface area (Å²) in [6, 6.07) is 5.26. The van der Waals surface area contributed by atoms with Gasteiger partial charge in [-0.25, -0.2) is 4.39 Å². The maximum Gasteiger partial charge on any atom is 0.146 e. The first-order valence-electron chi connectivity index (χ1n) is 6.28. The van der Waals surface area contributed by atoms with Gasteiger partial charge in [0.05, 0.1) is 12.3 Å². The molecular formula is C14H23FN2O. The molecule has 2 N–H and O–H groups in total. The molecule has 1 rings (SSSR count). The second kappa shape index (κ2) is 6.71. The zero-order valence-electron chi connectivity index (χ0n) is 11.6. The maximum absolute atomic E-state index is 14.1. The molecular weight excluding hydrogens is 231 g/mol. The Labute approximate surface area is 109 Å². The average Bonchev–Trinajstić information content (AvgIpc) is 2.30. The monoisotopic (exact) mass is 254 g/mol. The van der Waals surface area contributed by atoms with E-state index in [1.807, 2.05) is 31.7 Å². The summed E-state index contributed by atoms with van der Waals surface area (Å²) in [6.07, 6.45) is 0. The van der Waals surface area contributed by atoms with Gasteiger partial charge < -0.3 is 15.4 Å². The van der Waals surface area contributed by atoms with Crippen LogP contribution in [0.1, 0.15) is 32.4 Å². The Morgan fingerprint density at radius 3 is 2.44 bits per heavy atom. The number of halogens is 1. The highest BCUT2D eigenvalue weighted by Gasteiger charge is 2.15. The van der Waals surface area contributed by atoms with Crippen LogP contribution < -0.4 is 10.6 Å². The lowest BCUT2D eigenvalue weighted by atomic mass is 10.1. The highest BCUT2D eigenvalue weighted by Crippen LogP contribution is 2.24. The zero-order valence-corrected chi connectivity index (χ0v) is 11.6. The van der Waals surface area contributed by atoms with Crippen LogP contribution in [0.4, 0.5) is 10.1 Å². The Balaban J connectivity index is 2.98. The summed E-state index contributed by atoms with van der Waals surface area (Å²) >= 11 is 0. The molecule has 0 bridgehead atoms. The molecule has 1 unspecified atom stereocenters. The first kappa shape index (κ1) is 14.9. The van der Waals surface area contributed by atoms with Crippen molar-refractivity contribution in [3.63, 3.8) is 0 Å². The Kier molecular flexibility index (Phi) is 5.56. The highest BCUT2D eigenvalue weighted by atomic mass is 19.1. The summed E-state index contributed by atoms with van der Waals surface area (Å²) in [6.45, 7) is 7.16. The maximum atomic E-state index is 14.1. The molecule has 0 aliphatic carbocycles. The number of rotatable bonds is 6. The number of nitrogens with zero attached hydrogens (tertiary/aromatic N) is 1. The van der Waals surface area contributed by atoms with Gasteiger partial charge >= 0.3 is 0 Å². The van der Waals surface area contributed by atoms with Gasteiger partial charge in [0.1, 0.15) is 5.82 Å². The topological polar surface area (TPSA) is 38.5 Å². The number of hydrogen-bond donors (Lipinski definition) is 1. The second-order valence-corrected chi connectivity index (χ2v) is 4.78. The summed E-state index contributed by atoms with van der Waals surface area (Å²) in [5.74, 6) is -0.227. The lowest BCUT2D eigenvalue weighted by Crippen LogP contribution is -2.34. The molecule has 0 saturated carbocycles. The van der Waals surface area contributed by atoms with Crippen molar-refractivity contribution in [2.45, 2.75) is 32.9 Å². The Morgan fingerprint density at radius 2 is 2.00 bits per heavy atom. The van der Waals surface area contributed by atoms with Crippen LogP contribution in [0.2, 0.25) is 0 Å². The van der Waals surface area contributed by atoms with Crippen molar-refractivity contribution in [3.05, 3.63) is 29.6 Å². The van der Waals surface area contributed by atoms with E-state index < -0.39 is 0 Å². The van der Waals surface area contributed by atoms with Gasteiger partial charge in [-0.05, 0) is 38.5 Å². The van der Waals surface area contributed by atoms with Crippen molar-refractivity contribution < 1.29 is 9.13 Å². The van der Waals surface area contributed by atoms with Gasteiger partial charge in [0, 0.05) is 25.7 Å². The van der Waals surface area contributed by atoms with Gasteiger partial charge in [0.15, 0.2) is 0 Å². The van der Waals surface area contributed by atoms with Crippen molar-refractivity contribution in [2.24, 2.45) is 5.73 Å². The fourth-order valence-electron chi connectivity index (χ4n) is 1.89. The molecule has 0 heterocycles. The SMILES string of the molecule is COCCN(c1ccc(C(C)N)cc1F)C(C)C. The molecule has 0 amide bonds.